The summed E-state index contributed by atoms with van der Waals surface area (Å²) in [6, 6.07) is 22.0. The molecule has 0 radical (unpaired) electrons. The van der Waals surface area contributed by atoms with Crippen LogP contribution in [-0.2, 0) is 16.1 Å². The number of amides is 2. The van der Waals surface area contributed by atoms with Crippen LogP contribution in [0.15, 0.2) is 103 Å². The van der Waals surface area contributed by atoms with Gasteiger partial charge in [-0.3, -0.25) is 9.59 Å². The van der Waals surface area contributed by atoms with Gasteiger partial charge in [0.05, 0.1) is 26.4 Å². The zero-order valence-corrected chi connectivity index (χ0v) is 36.6. The van der Waals surface area contributed by atoms with Crippen molar-refractivity contribution in [1.29, 1.82) is 0 Å². The van der Waals surface area contributed by atoms with Crippen LogP contribution in [0.1, 0.15) is 49.4 Å². The molecule has 326 valence electrons. The molecule has 0 spiro atoms. The Balaban J connectivity index is 1.24. The van der Waals surface area contributed by atoms with Gasteiger partial charge < -0.3 is 46.2 Å². The van der Waals surface area contributed by atoms with Gasteiger partial charge in [0, 0.05) is 112 Å². The second-order valence-electron chi connectivity index (χ2n) is 13.7. The van der Waals surface area contributed by atoms with Gasteiger partial charge in [0.25, 0.3) is 0 Å². The number of carbonyl (C=O) groups is 2. The van der Waals surface area contributed by atoms with Crippen molar-refractivity contribution < 1.29 is 34.6 Å². The molecule has 2 amide bonds. The lowest BCUT2D eigenvalue weighted by molar-refractivity contribution is -0.698. The number of allylic oxidation sites excluding steroid dienone is 4. The van der Waals surface area contributed by atoms with Gasteiger partial charge in [0.1, 0.15) is 6.54 Å². The quantitative estimate of drug-likeness (QED) is 0.0209. The number of aryl methyl sites for hydroxylation is 1. The Kier molecular flexibility index (Phi) is 26.0. The van der Waals surface area contributed by atoms with Crippen molar-refractivity contribution in [2.45, 2.75) is 39.2 Å². The first-order chi connectivity index (χ1) is 29.4. The van der Waals surface area contributed by atoms with Crippen LogP contribution < -0.4 is 30.3 Å². The van der Waals surface area contributed by atoms with Crippen LogP contribution in [0.25, 0.3) is 18.2 Å². The molecule has 12 nitrogen and oxygen atoms in total. The van der Waals surface area contributed by atoms with Crippen molar-refractivity contribution in [3.05, 3.63) is 120 Å². The van der Waals surface area contributed by atoms with Gasteiger partial charge in [-0.25, -0.2) is 0 Å². The van der Waals surface area contributed by atoms with Crippen LogP contribution >= 0.6 is 21.6 Å². The molecule has 14 heteroatoms. The first kappa shape index (κ1) is 49.8. The Bertz CT molecular complexity index is 1760. The van der Waals surface area contributed by atoms with Gasteiger partial charge >= 0.3 is 0 Å². The summed E-state index contributed by atoms with van der Waals surface area (Å²) >= 11 is 0. The van der Waals surface area contributed by atoms with Crippen molar-refractivity contribution in [3.63, 3.8) is 0 Å². The Morgan fingerprint density at radius 3 is 1.72 bits per heavy atom. The lowest BCUT2D eigenvalue weighted by Crippen LogP contribution is -2.37. The molecule has 0 aliphatic rings. The molecule has 0 aliphatic carbocycles. The number of nitrogens with zero attached hydrogens (tertiary/aromatic N) is 3. The monoisotopic (exact) mass is 861 g/mol. The van der Waals surface area contributed by atoms with Crippen molar-refractivity contribution in [3.8, 4) is 0 Å². The van der Waals surface area contributed by atoms with E-state index in [4.69, 9.17) is 0 Å². The number of aromatic nitrogens is 1. The molecule has 0 atom stereocenters. The van der Waals surface area contributed by atoms with Crippen LogP contribution in [0.4, 0.5) is 11.4 Å². The van der Waals surface area contributed by atoms with Gasteiger partial charge in [0.15, 0.2) is 6.20 Å². The van der Waals surface area contributed by atoms with Crippen molar-refractivity contribution in [1.82, 2.24) is 16.0 Å². The van der Waals surface area contributed by atoms with Crippen molar-refractivity contribution in [2.24, 2.45) is 0 Å². The van der Waals surface area contributed by atoms with E-state index in [1.54, 1.807) is 21.6 Å². The maximum Gasteiger partial charge on any atom is 0.220 e. The molecule has 3 aromatic rings. The zero-order valence-electron chi connectivity index (χ0n) is 35.0. The van der Waals surface area contributed by atoms with Crippen LogP contribution in [0.3, 0.4) is 0 Å². The third kappa shape index (κ3) is 20.6. The molecule has 0 saturated heterocycles. The number of carbonyl (C=O) groups excluding carboxylic acids is 2. The molecule has 60 heavy (non-hydrogen) atoms. The minimum atomic E-state index is 0.0244. The van der Waals surface area contributed by atoms with Crippen molar-refractivity contribution in [2.75, 3.05) is 93.5 Å². The number of aliphatic hydroxyl groups excluding tert-OH is 4. The second kappa shape index (κ2) is 31.3. The van der Waals surface area contributed by atoms with Gasteiger partial charge in [-0.2, -0.15) is 4.57 Å². The van der Waals surface area contributed by atoms with Gasteiger partial charge in [0.2, 0.25) is 17.5 Å². The van der Waals surface area contributed by atoms with Crippen LogP contribution in [-0.4, -0.2) is 116 Å². The molecule has 0 aliphatic heterocycles. The Morgan fingerprint density at radius 1 is 0.650 bits per heavy atom. The molecular weight excluding hydrogens is 797 g/mol. The normalized spacial score (nSPS) is 11.8. The highest BCUT2D eigenvalue weighted by atomic mass is 33.1. The molecule has 1 heterocycles. The highest BCUT2D eigenvalue weighted by molar-refractivity contribution is 8.76. The van der Waals surface area contributed by atoms with Crippen LogP contribution in [0.2, 0.25) is 0 Å². The van der Waals surface area contributed by atoms with E-state index in [1.165, 1.54) is 0 Å². The fourth-order valence-corrected chi connectivity index (χ4v) is 7.86. The number of rotatable bonds is 31. The maximum atomic E-state index is 12.5. The average Bonchev–Trinajstić information content (AvgIpc) is 3.26. The van der Waals surface area contributed by atoms with Gasteiger partial charge in [-0.05, 0) is 73.0 Å². The minimum Gasteiger partial charge on any atom is -0.395 e. The summed E-state index contributed by atoms with van der Waals surface area (Å²) in [4.78, 5) is 28.8. The summed E-state index contributed by atoms with van der Waals surface area (Å²) in [5.41, 5.74) is 5.96. The highest BCUT2D eigenvalue weighted by Crippen LogP contribution is 2.20. The molecule has 3 rings (SSSR count). The molecule has 0 bridgehead atoms. The summed E-state index contributed by atoms with van der Waals surface area (Å²) in [5, 5.41) is 46.7. The van der Waals surface area contributed by atoms with E-state index in [0.29, 0.717) is 65.1 Å². The number of anilines is 2. The van der Waals surface area contributed by atoms with E-state index < -0.39 is 0 Å². The summed E-state index contributed by atoms with van der Waals surface area (Å²) in [6.45, 7) is 6.52. The third-order valence-corrected chi connectivity index (χ3v) is 11.6. The van der Waals surface area contributed by atoms with E-state index >= 15 is 0 Å². The van der Waals surface area contributed by atoms with E-state index in [-0.39, 0.29) is 38.2 Å². The van der Waals surface area contributed by atoms with E-state index in [2.05, 4.69) is 38.7 Å². The number of hydrogen-bond donors (Lipinski definition) is 7. The molecule has 0 unspecified atom stereocenters. The number of nitrogens with one attached hydrogen (secondary N) is 3. The molecule has 1 aromatic heterocycles. The molecule has 2 aromatic carbocycles. The highest BCUT2D eigenvalue weighted by Gasteiger charge is 2.10. The average molecular weight is 862 g/mol. The minimum absolute atomic E-state index is 0.0244. The first-order valence-corrected chi connectivity index (χ1v) is 23.2. The lowest BCUT2D eigenvalue weighted by atomic mass is 10.1. The predicted octanol–water partition coefficient (Wildman–Crippen LogP) is 4.66. The van der Waals surface area contributed by atoms with E-state index in [9.17, 15) is 30.0 Å². The largest absolute Gasteiger partial charge is 0.395 e. The smallest absolute Gasteiger partial charge is 0.220 e. The second-order valence-corrected chi connectivity index (χ2v) is 16.4. The molecule has 7 N–H and O–H groups in total. The number of benzene rings is 2. The SMILES string of the molecule is C\C=C/C=C(/C=C/c1ccc(N(CCO)CCO)cc1)NCCCC(=O)NCCSSCCNC(=O)CCC[n+]1ccccc1/C=C/c1ccc(N(CCO)CCO)cc1. The summed E-state index contributed by atoms with van der Waals surface area (Å²) in [5.74, 6) is 1.65. The fourth-order valence-electron chi connectivity index (χ4n) is 6.05. The zero-order chi connectivity index (χ0) is 43.0. The third-order valence-electron chi connectivity index (χ3n) is 9.15. The summed E-state index contributed by atoms with van der Waals surface area (Å²) < 4.78 is 2.14. The van der Waals surface area contributed by atoms with Gasteiger partial charge in [-0.15, -0.1) is 0 Å². The van der Waals surface area contributed by atoms with Crippen LogP contribution in [0.5, 0.6) is 0 Å². The Morgan fingerprint density at radius 2 is 1.18 bits per heavy atom. The topological polar surface area (TPSA) is 162 Å². The summed E-state index contributed by atoms with van der Waals surface area (Å²) in [7, 11) is 3.37. The maximum absolute atomic E-state index is 12.5. The van der Waals surface area contributed by atoms with Gasteiger partial charge in [-0.1, -0.05) is 64.1 Å². The molecule has 0 fully saturated rings. The Hall–Kier alpha value is -4.57. The fraction of sp³-hybridized carbons (Fsp3) is 0.413. The first-order valence-electron chi connectivity index (χ1n) is 20.7. The molecular formula is C46H65N6O6S2+. The van der Waals surface area contributed by atoms with Crippen LogP contribution in [0, 0.1) is 0 Å². The Labute approximate surface area is 364 Å². The lowest BCUT2D eigenvalue weighted by Gasteiger charge is -2.22. The standard InChI is InChI=1S/C46H64N6O6S2/c1-2-3-8-41(18-12-39-14-20-43(21-15-39)51(29-33-53)30-34-54)47-24-6-10-45(57)48-25-37-59-60-38-26-49-46(58)11-7-28-50-27-5-4-9-42(50)19-13-40-16-22-44(23-17-40)52(31-35-55)32-36-56/h2-5,8-9,12-23,27,47,53-56H,6-7,10-11,24-26,28-38H2,1H3,(H-,48,49,57,58)/p+1/b3-2-,18-12+,41-8-. The van der Waals surface area contributed by atoms with E-state index in [0.717, 1.165) is 58.4 Å². The summed E-state index contributed by atoms with van der Waals surface area (Å²) in [6.07, 6.45) is 18.4. The predicted molar refractivity (Wildman–Crippen MR) is 251 cm³/mol. The van der Waals surface area contributed by atoms with E-state index in [1.807, 2.05) is 114 Å². The number of aliphatic hydroxyl groups is 4. The number of pyridine rings is 1. The molecule has 0 saturated carbocycles. The number of hydrogen-bond acceptors (Lipinski definition) is 11. The van der Waals surface area contributed by atoms with Crippen molar-refractivity contribution >= 4 is 63.0 Å².